The van der Waals surface area contributed by atoms with Crippen molar-refractivity contribution in [2.24, 2.45) is 0 Å². The first-order valence-electron chi connectivity index (χ1n) is 8.91. The van der Waals surface area contributed by atoms with Crippen LogP contribution in [0.5, 0.6) is 5.88 Å². The van der Waals surface area contributed by atoms with Gasteiger partial charge < -0.3 is 14.5 Å². The van der Waals surface area contributed by atoms with Gasteiger partial charge in [-0.25, -0.2) is 0 Å². The lowest BCUT2D eigenvalue weighted by molar-refractivity contribution is -0.128. The predicted octanol–water partition coefficient (Wildman–Crippen LogP) is 3.28. The number of hydrogen-bond donors (Lipinski definition) is 0. The van der Waals surface area contributed by atoms with Crippen LogP contribution in [-0.4, -0.2) is 54.3 Å². The van der Waals surface area contributed by atoms with Gasteiger partial charge in [-0.3, -0.25) is 4.79 Å². The molecule has 142 valence electrons. The largest absolute Gasteiger partial charge is 0.471 e. The third kappa shape index (κ3) is 5.44. The van der Waals surface area contributed by atoms with Crippen LogP contribution in [0.2, 0.25) is 5.02 Å². The van der Waals surface area contributed by atoms with Gasteiger partial charge in [-0.15, -0.1) is 10.2 Å². The fourth-order valence-electron chi connectivity index (χ4n) is 2.87. The summed E-state index contributed by atoms with van der Waals surface area (Å²) in [5, 5.41) is 8.90. The summed E-state index contributed by atoms with van der Waals surface area (Å²) >= 11 is 5.88. The van der Waals surface area contributed by atoms with Gasteiger partial charge >= 0.3 is 0 Å². The van der Waals surface area contributed by atoms with Crippen molar-refractivity contribution in [2.75, 3.05) is 32.1 Å². The minimum atomic E-state index is -0.0776. The molecule has 1 aliphatic heterocycles. The summed E-state index contributed by atoms with van der Waals surface area (Å²) in [6, 6.07) is 11.0. The van der Waals surface area contributed by atoms with Gasteiger partial charge in [0.15, 0.2) is 5.82 Å². The molecule has 1 atom stereocenters. The maximum absolute atomic E-state index is 12.5. The highest BCUT2D eigenvalue weighted by molar-refractivity contribution is 6.30. The summed E-state index contributed by atoms with van der Waals surface area (Å²) in [7, 11) is 3.82. The molecule has 0 spiro atoms. The maximum Gasteiger partial charge on any atom is 0.246 e. The van der Waals surface area contributed by atoms with Gasteiger partial charge in [-0.1, -0.05) is 23.7 Å². The number of hydrogen-bond acceptors (Lipinski definition) is 5. The Kier molecular flexibility index (Phi) is 6.29. The van der Waals surface area contributed by atoms with Crippen molar-refractivity contribution in [3.05, 3.63) is 53.1 Å². The highest BCUT2D eigenvalue weighted by Gasteiger charge is 2.24. The molecule has 3 rings (SSSR count). The minimum Gasteiger partial charge on any atom is -0.471 e. The molecule has 1 aliphatic rings. The smallest absolute Gasteiger partial charge is 0.246 e. The maximum atomic E-state index is 12.5. The van der Waals surface area contributed by atoms with Crippen LogP contribution in [0.1, 0.15) is 18.4 Å². The SMILES string of the molecule is CN(C)c1ccc(OC2CCCN(C(=O)/C=C/c3ccc(Cl)cc3)C2)nn1. The fraction of sp³-hybridized carbons (Fsp3) is 0.350. The van der Waals surface area contributed by atoms with E-state index >= 15 is 0 Å². The number of halogens is 1. The number of ether oxygens (including phenoxy) is 1. The van der Waals surface area contributed by atoms with Gasteiger partial charge in [-0.05, 0) is 42.7 Å². The number of amides is 1. The average molecular weight is 387 g/mol. The first-order valence-corrected chi connectivity index (χ1v) is 9.29. The first-order chi connectivity index (χ1) is 13.0. The van der Waals surface area contributed by atoms with Crippen LogP contribution in [0.15, 0.2) is 42.5 Å². The number of carbonyl (C=O) groups is 1. The van der Waals surface area contributed by atoms with Gasteiger partial charge in [0.05, 0.1) is 6.54 Å². The summed E-state index contributed by atoms with van der Waals surface area (Å²) in [5.74, 6) is 1.24. The van der Waals surface area contributed by atoms with Crippen LogP contribution in [0.25, 0.3) is 6.08 Å². The van der Waals surface area contributed by atoms with Crippen molar-refractivity contribution in [1.82, 2.24) is 15.1 Å². The van der Waals surface area contributed by atoms with Crippen molar-refractivity contribution in [3.63, 3.8) is 0 Å². The molecule has 1 amide bonds. The van der Waals surface area contributed by atoms with E-state index in [1.807, 2.05) is 48.2 Å². The molecular weight excluding hydrogens is 364 g/mol. The van der Waals surface area contributed by atoms with Gasteiger partial charge in [0.25, 0.3) is 0 Å². The number of aromatic nitrogens is 2. The topological polar surface area (TPSA) is 58.6 Å². The molecule has 2 aromatic rings. The Balaban J connectivity index is 1.56. The van der Waals surface area contributed by atoms with Crippen LogP contribution in [-0.2, 0) is 4.79 Å². The van der Waals surface area contributed by atoms with Gasteiger partial charge in [-0.2, -0.15) is 0 Å². The van der Waals surface area contributed by atoms with Crippen molar-refractivity contribution in [2.45, 2.75) is 18.9 Å². The zero-order chi connectivity index (χ0) is 19.2. The second-order valence-corrected chi connectivity index (χ2v) is 7.11. The molecule has 1 aromatic heterocycles. The average Bonchev–Trinajstić information content (AvgIpc) is 2.68. The van der Waals surface area contributed by atoms with Crippen LogP contribution >= 0.6 is 11.6 Å². The Bertz CT molecular complexity index is 791. The van der Waals surface area contributed by atoms with Gasteiger partial charge in [0, 0.05) is 37.8 Å². The number of anilines is 1. The summed E-state index contributed by atoms with van der Waals surface area (Å²) in [5.41, 5.74) is 0.939. The Labute approximate surface area is 164 Å². The summed E-state index contributed by atoms with van der Waals surface area (Å²) in [6.45, 7) is 1.27. The Morgan fingerprint density at radius 3 is 2.67 bits per heavy atom. The van der Waals surface area contributed by atoms with Crippen LogP contribution in [0.4, 0.5) is 5.82 Å². The molecule has 1 aromatic carbocycles. The van der Waals surface area contributed by atoms with E-state index in [1.165, 1.54) is 0 Å². The molecule has 0 N–H and O–H groups in total. The van der Waals surface area contributed by atoms with E-state index in [9.17, 15) is 4.79 Å². The second kappa shape index (κ2) is 8.86. The number of nitrogens with zero attached hydrogens (tertiary/aromatic N) is 4. The van der Waals surface area contributed by atoms with Crippen molar-refractivity contribution >= 4 is 29.4 Å². The summed E-state index contributed by atoms with van der Waals surface area (Å²) < 4.78 is 5.92. The minimum absolute atomic E-state index is 0.0210. The number of likely N-dealkylation sites (tertiary alicyclic amines) is 1. The quantitative estimate of drug-likeness (QED) is 0.738. The van der Waals surface area contributed by atoms with Crippen LogP contribution < -0.4 is 9.64 Å². The molecule has 1 saturated heterocycles. The van der Waals surface area contributed by atoms with Crippen molar-refractivity contribution < 1.29 is 9.53 Å². The monoisotopic (exact) mass is 386 g/mol. The van der Waals surface area contributed by atoms with E-state index < -0.39 is 0 Å². The van der Waals surface area contributed by atoms with E-state index in [1.54, 1.807) is 24.3 Å². The standard InChI is InChI=1S/C20H23ClN4O2/c1-24(2)18-10-11-19(23-22-18)27-17-4-3-13-25(14-17)20(26)12-7-15-5-8-16(21)9-6-15/h5-12,17H,3-4,13-14H2,1-2H3/b12-7+. The molecule has 0 aliphatic carbocycles. The molecule has 27 heavy (non-hydrogen) atoms. The normalized spacial score (nSPS) is 17.1. The van der Waals surface area contributed by atoms with Crippen molar-refractivity contribution in [1.29, 1.82) is 0 Å². The molecule has 1 unspecified atom stereocenters. The molecular formula is C20H23ClN4O2. The van der Waals surface area contributed by atoms with Crippen LogP contribution in [0.3, 0.4) is 0 Å². The molecule has 1 fully saturated rings. The van der Waals surface area contributed by atoms with Gasteiger partial charge in [0.1, 0.15) is 6.10 Å². The number of carbonyl (C=O) groups excluding carboxylic acids is 1. The van der Waals surface area contributed by atoms with Gasteiger partial charge in [0.2, 0.25) is 11.8 Å². The number of benzene rings is 1. The van der Waals surface area contributed by atoms with E-state index in [0.29, 0.717) is 17.4 Å². The van der Waals surface area contributed by atoms with E-state index in [4.69, 9.17) is 16.3 Å². The molecule has 0 bridgehead atoms. The zero-order valence-electron chi connectivity index (χ0n) is 15.5. The van der Waals surface area contributed by atoms with Crippen molar-refractivity contribution in [3.8, 4) is 5.88 Å². The summed E-state index contributed by atoms with van der Waals surface area (Å²) in [6.07, 6.45) is 5.10. The lowest BCUT2D eigenvalue weighted by Gasteiger charge is -2.31. The van der Waals surface area contributed by atoms with Crippen LogP contribution in [0, 0.1) is 0 Å². The third-order valence-electron chi connectivity index (χ3n) is 4.35. The molecule has 0 saturated carbocycles. The predicted molar refractivity (Wildman–Crippen MR) is 107 cm³/mol. The molecule has 7 heteroatoms. The highest BCUT2D eigenvalue weighted by Crippen LogP contribution is 2.18. The lowest BCUT2D eigenvalue weighted by Crippen LogP contribution is -2.43. The number of piperidine rings is 1. The zero-order valence-corrected chi connectivity index (χ0v) is 16.3. The second-order valence-electron chi connectivity index (χ2n) is 6.68. The van der Waals surface area contributed by atoms with E-state index in [2.05, 4.69) is 10.2 Å². The molecule has 0 radical (unpaired) electrons. The Morgan fingerprint density at radius 1 is 1.22 bits per heavy atom. The fourth-order valence-corrected chi connectivity index (χ4v) is 2.99. The Morgan fingerprint density at radius 2 is 2.00 bits per heavy atom. The first kappa shape index (κ1) is 19.2. The van der Waals surface area contributed by atoms with E-state index in [-0.39, 0.29) is 12.0 Å². The third-order valence-corrected chi connectivity index (χ3v) is 4.60. The lowest BCUT2D eigenvalue weighted by atomic mass is 10.1. The van der Waals surface area contributed by atoms with E-state index in [0.717, 1.165) is 30.8 Å². The molecule has 6 nitrogen and oxygen atoms in total. The summed E-state index contributed by atoms with van der Waals surface area (Å²) in [4.78, 5) is 16.2. The highest BCUT2D eigenvalue weighted by atomic mass is 35.5. The molecule has 2 heterocycles. The Hall–Kier alpha value is -2.60. The number of rotatable bonds is 5.